The Balaban J connectivity index is 1.79. The van der Waals surface area contributed by atoms with Crippen LogP contribution >= 0.6 is 28.1 Å². The van der Waals surface area contributed by atoms with E-state index in [2.05, 4.69) is 62.7 Å². The summed E-state index contributed by atoms with van der Waals surface area (Å²) >= 11 is 8.42. The van der Waals surface area contributed by atoms with Crippen molar-refractivity contribution in [2.24, 2.45) is 0 Å². The molecule has 0 saturated carbocycles. The second-order valence-corrected chi connectivity index (χ2v) is 6.59. The average Bonchev–Trinajstić information content (AvgIpc) is 2.50. The Labute approximate surface area is 150 Å². The third kappa shape index (κ3) is 5.48. The molecule has 0 fully saturated rings. The van der Waals surface area contributed by atoms with Crippen molar-refractivity contribution < 1.29 is 4.39 Å². The summed E-state index contributed by atoms with van der Waals surface area (Å²) in [7, 11) is 2.03. The number of nitrogens with one attached hydrogen (secondary N) is 2. The molecule has 2 aromatic rings. The molecule has 2 N–H and O–H groups in total. The Morgan fingerprint density at radius 2 is 1.91 bits per heavy atom. The predicted octanol–water partition coefficient (Wildman–Crippen LogP) is 4.32. The Morgan fingerprint density at radius 3 is 2.57 bits per heavy atom. The molecule has 0 unspecified atom stereocenters. The molecule has 0 amide bonds. The van der Waals surface area contributed by atoms with Crippen molar-refractivity contribution in [1.29, 1.82) is 0 Å². The average molecular weight is 396 g/mol. The maximum Gasteiger partial charge on any atom is 0.170 e. The van der Waals surface area contributed by atoms with Crippen LogP contribution in [0.2, 0.25) is 0 Å². The summed E-state index contributed by atoms with van der Waals surface area (Å²) in [5.41, 5.74) is 2.75. The van der Waals surface area contributed by atoms with Gasteiger partial charge >= 0.3 is 0 Å². The van der Waals surface area contributed by atoms with Gasteiger partial charge in [-0.2, -0.15) is 0 Å². The minimum Gasteiger partial charge on any atom is -0.373 e. The lowest BCUT2D eigenvalue weighted by Crippen LogP contribution is -2.35. The first kappa shape index (κ1) is 17.7. The number of halogens is 2. The summed E-state index contributed by atoms with van der Waals surface area (Å²) < 4.78 is 14.4. The van der Waals surface area contributed by atoms with Gasteiger partial charge in [0.2, 0.25) is 0 Å². The molecule has 0 aliphatic heterocycles. The summed E-state index contributed by atoms with van der Waals surface area (Å²) in [6, 6.07) is 13.1. The van der Waals surface area contributed by atoms with E-state index in [0.29, 0.717) is 21.8 Å². The molecule has 0 bridgehead atoms. The maximum atomic E-state index is 13.7. The first-order valence-electron chi connectivity index (χ1n) is 7.23. The third-order valence-corrected chi connectivity index (χ3v) is 4.13. The van der Waals surface area contributed by atoms with E-state index < -0.39 is 0 Å². The molecular formula is C17H19BrFN3S. The lowest BCUT2D eigenvalue weighted by molar-refractivity contribution is 0.631. The summed E-state index contributed by atoms with van der Waals surface area (Å²) in [6.07, 6.45) is 0. The number of thiocarbonyl (C=S) groups is 1. The largest absolute Gasteiger partial charge is 0.373 e. The molecule has 3 nitrogen and oxygen atoms in total. The van der Waals surface area contributed by atoms with E-state index in [0.717, 1.165) is 12.2 Å². The number of hydrogen-bond donors (Lipinski definition) is 2. The lowest BCUT2D eigenvalue weighted by Gasteiger charge is -2.20. The van der Waals surface area contributed by atoms with Gasteiger partial charge in [-0.15, -0.1) is 0 Å². The minimum atomic E-state index is -0.347. The molecule has 0 spiro atoms. The molecule has 2 rings (SSSR count). The van der Waals surface area contributed by atoms with Crippen LogP contribution in [0.15, 0.2) is 46.9 Å². The number of aryl methyl sites for hydroxylation is 1. The number of anilines is 2. The highest BCUT2D eigenvalue weighted by Gasteiger charge is 2.05. The Kier molecular flexibility index (Phi) is 6.36. The van der Waals surface area contributed by atoms with Gasteiger partial charge in [-0.1, -0.05) is 33.6 Å². The summed E-state index contributed by atoms with van der Waals surface area (Å²) in [5.74, 6) is -0.347. The van der Waals surface area contributed by atoms with Gasteiger partial charge in [-0.3, -0.25) is 0 Å². The smallest absolute Gasteiger partial charge is 0.170 e. The molecule has 0 aromatic heterocycles. The molecule has 2 aromatic carbocycles. The quantitative estimate of drug-likeness (QED) is 0.737. The normalized spacial score (nSPS) is 10.3. The van der Waals surface area contributed by atoms with Crippen molar-refractivity contribution in [2.45, 2.75) is 6.92 Å². The monoisotopic (exact) mass is 395 g/mol. The van der Waals surface area contributed by atoms with Gasteiger partial charge in [0.25, 0.3) is 0 Å². The predicted molar refractivity (Wildman–Crippen MR) is 103 cm³/mol. The van der Waals surface area contributed by atoms with E-state index in [1.54, 1.807) is 12.1 Å². The Bertz CT molecular complexity index is 676. The summed E-state index contributed by atoms with van der Waals surface area (Å²) in [5, 5.41) is 6.36. The van der Waals surface area contributed by atoms with E-state index in [4.69, 9.17) is 12.2 Å². The fourth-order valence-corrected chi connectivity index (χ4v) is 2.57. The Morgan fingerprint density at radius 1 is 1.22 bits per heavy atom. The highest BCUT2D eigenvalue weighted by molar-refractivity contribution is 9.10. The topological polar surface area (TPSA) is 27.3 Å². The number of nitrogens with zero attached hydrogens (tertiary/aromatic N) is 1. The second kappa shape index (κ2) is 8.26. The molecule has 122 valence electrons. The number of rotatable bonds is 5. The fraction of sp³-hybridized carbons (Fsp3) is 0.235. The van der Waals surface area contributed by atoms with Gasteiger partial charge in [0.15, 0.2) is 5.11 Å². The van der Waals surface area contributed by atoms with Gasteiger partial charge in [0, 0.05) is 30.3 Å². The van der Waals surface area contributed by atoms with Crippen LogP contribution in [0.3, 0.4) is 0 Å². The van der Waals surface area contributed by atoms with E-state index in [9.17, 15) is 4.39 Å². The van der Waals surface area contributed by atoms with E-state index in [1.807, 2.05) is 7.05 Å². The second-order valence-electron chi connectivity index (χ2n) is 5.26. The lowest BCUT2D eigenvalue weighted by atomic mass is 10.2. The summed E-state index contributed by atoms with van der Waals surface area (Å²) in [4.78, 5) is 2.13. The molecule has 0 heterocycles. The van der Waals surface area contributed by atoms with Crippen LogP contribution < -0.4 is 15.5 Å². The van der Waals surface area contributed by atoms with Crippen LogP contribution in [0.5, 0.6) is 0 Å². The van der Waals surface area contributed by atoms with E-state index in [-0.39, 0.29) is 5.82 Å². The van der Waals surface area contributed by atoms with Crippen LogP contribution in [0.25, 0.3) is 0 Å². The third-order valence-electron chi connectivity index (χ3n) is 3.39. The van der Waals surface area contributed by atoms with Crippen LogP contribution in [0.1, 0.15) is 5.56 Å². The summed E-state index contributed by atoms with van der Waals surface area (Å²) in [6.45, 7) is 3.51. The molecular weight excluding hydrogens is 377 g/mol. The van der Waals surface area contributed by atoms with Crippen molar-refractivity contribution in [3.8, 4) is 0 Å². The Hall–Kier alpha value is -1.66. The van der Waals surface area contributed by atoms with Gasteiger partial charge < -0.3 is 15.5 Å². The van der Waals surface area contributed by atoms with Crippen molar-refractivity contribution in [3.05, 3.63) is 58.3 Å². The van der Waals surface area contributed by atoms with Crippen LogP contribution in [0.4, 0.5) is 15.8 Å². The molecule has 0 atom stereocenters. The molecule has 0 radical (unpaired) electrons. The zero-order valence-corrected chi connectivity index (χ0v) is 15.5. The zero-order chi connectivity index (χ0) is 16.8. The molecule has 0 aliphatic carbocycles. The standard InChI is InChI=1S/C17H19BrFN3S/c1-12-3-6-14(7-4-12)22(2)10-9-20-17(23)21-16-8-5-13(18)11-15(16)19/h3-8,11H,9-10H2,1-2H3,(H2,20,21,23). The van der Waals surface area contributed by atoms with Crippen LogP contribution in [0, 0.1) is 12.7 Å². The molecule has 0 aliphatic rings. The minimum absolute atomic E-state index is 0.347. The van der Waals surface area contributed by atoms with E-state index >= 15 is 0 Å². The fourth-order valence-electron chi connectivity index (χ4n) is 2.02. The van der Waals surface area contributed by atoms with Gasteiger partial charge in [-0.05, 0) is 49.5 Å². The van der Waals surface area contributed by atoms with E-state index in [1.165, 1.54) is 11.6 Å². The van der Waals surface area contributed by atoms with Crippen molar-refractivity contribution in [1.82, 2.24) is 5.32 Å². The van der Waals surface area contributed by atoms with Crippen LogP contribution in [-0.2, 0) is 0 Å². The number of benzene rings is 2. The van der Waals surface area contributed by atoms with Crippen LogP contribution in [-0.4, -0.2) is 25.2 Å². The van der Waals surface area contributed by atoms with Crippen molar-refractivity contribution in [2.75, 3.05) is 30.4 Å². The maximum absolute atomic E-state index is 13.7. The molecule has 0 saturated heterocycles. The van der Waals surface area contributed by atoms with Crippen molar-refractivity contribution >= 4 is 44.6 Å². The van der Waals surface area contributed by atoms with Crippen molar-refractivity contribution in [3.63, 3.8) is 0 Å². The SMILES string of the molecule is Cc1ccc(N(C)CCNC(=S)Nc2ccc(Br)cc2F)cc1. The van der Waals surface area contributed by atoms with Gasteiger partial charge in [-0.25, -0.2) is 4.39 Å². The molecule has 6 heteroatoms. The number of hydrogen-bond acceptors (Lipinski definition) is 2. The highest BCUT2D eigenvalue weighted by Crippen LogP contribution is 2.19. The molecule has 23 heavy (non-hydrogen) atoms. The first-order chi connectivity index (χ1) is 11.0. The number of likely N-dealkylation sites (N-methyl/N-ethyl adjacent to an activating group) is 1. The highest BCUT2D eigenvalue weighted by atomic mass is 79.9. The van der Waals surface area contributed by atoms with Gasteiger partial charge in [0.05, 0.1) is 5.69 Å². The van der Waals surface area contributed by atoms with Gasteiger partial charge in [0.1, 0.15) is 5.82 Å². The first-order valence-corrected chi connectivity index (χ1v) is 8.43. The zero-order valence-electron chi connectivity index (χ0n) is 13.1.